The Labute approximate surface area is 138 Å². The molecule has 0 aliphatic rings. The molecule has 0 N–H and O–H groups in total. The molecule has 0 bridgehead atoms. The lowest BCUT2D eigenvalue weighted by molar-refractivity contribution is -0.385. The summed E-state index contributed by atoms with van der Waals surface area (Å²) in [5, 5.41) is 11.1. The number of ether oxygens (including phenoxy) is 3. The summed E-state index contributed by atoms with van der Waals surface area (Å²) in [4.78, 5) is 21.9. The molecule has 0 saturated carbocycles. The molecule has 0 fully saturated rings. The maximum atomic E-state index is 11.3. The SMILES string of the molecule is C=CC(=O)Oc1ccccc1OCc1cc(OC)ccc1[N+](=O)[O-]. The predicted molar refractivity (Wildman–Crippen MR) is 86.3 cm³/mol. The van der Waals surface area contributed by atoms with Crippen LogP contribution in [0.5, 0.6) is 17.2 Å². The number of esters is 1. The summed E-state index contributed by atoms with van der Waals surface area (Å²) in [6.45, 7) is 3.24. The molecule has 0 atom stereocenters. The van der Waals surface area contributed by atoms with Crippen LogP contribution >= 0.6 is 0 Å². The van der Waals surface area contributed by atoms with E-state index < -0.39 is 10.9 Å². The quantitative estimate of drug-likeness (QED) is 0.255. The minimum atomic E-state index is -0.626. The van der Waals surface area contributed by atoms with E-state index in [9.17, 15) is 14.9 Å². The molecule has 2 aromatic rings. The van der Waals surface area contributed by atoms with E-state index in [2.05, 4.69) is 6.58 Å². The van der Waals surface area contributed by atoms with Gasteiger partial charge in [-0.15, -0.1) is 0 Å². The molecule has 7 heteroatoms. The smallest absolute Gasteiger partial charge is 0.335 e. The first-order valence-corrected chi connectivity index (χ1v) is 6.92. The van der Waals surface area contributed by atoms with Gasteiger partial charge in [0.2, 0.25) is 0 Å². The number of para-hydroxylation sites is 2. The summed E-state index contributed by atoms with van der Waals surface area (Å²) in [7, 11) is 1.47. The monoisotopic (exact) mass is 329 g/mol. The van der Waals surface area contributed by atoms with Crippen molar-refractivity contribution < 1.29 is 23.9 Å². The minimum absolute atomic E-state index is 0.0867. The second kappa shape index (κ2) is 7.77. The van der Waals surface area contributed by atoms with Gasteiger partial charge < -0.3 is 14.2 Å². The summed E-state index contributed by atoms with van der Waals surface area (Å²) in [6.07, 6.45) is 1.03. The maximum absolute atomic E-state index is 11.3. The summed E-state index contributed by atoms with van der Waals surface area (Å²) in [6, 6.07) is 10.9. The molecule has 0 radical (unpaired) electrons. The van der Waals surface area contributed by atoms with Gasteiger partial charge in [-0.3, -0.25) is 10.1 Å². The largest absolute Gasteiger partial charge is 0.497 e. The highest BCUT2D eigenvalue weighted by atomic mass is 16.6. The summed E-state index contributed by atoms with van der Waals surface area (Å²) >= 11 is 0. The van der Waals surface area contributed by atoms with Gasteiger partial charge >= 0.3 is 5.97 Å². The lowest BCUT2D eigenvalue weighted by Crippen LogP contribution is -2.06. The molecule has 2 aromatic carbocycles. The van der Waals surface area contributed by atoms with Crippen LogP contribution in [0.4, 0.5) is 5.69 Å². The van der Waals surface area contributed by atoms with Gasteiger partial charge in [0.05, 0.1) is 17.6 Å². The number of nitrogens with zero attached hydrogens (tertiary/aromatic N) is 1. The number of rotatable bonds is 7. The van der Waals surface area contributed by atoms with Crippen molar-refractivity contribution in [2.24, 2.45) is 0 Å². The number of hydrogen-bond donors (Lipinski definition) is 0. The van der Waals surface area contributed by atoms with Gasteiger partial charge in [-0.25, -0.2) is 4.79 Å². The third kappa shape index (κ3) is 4.10. The van der Waals surface area contributed by atoms with Crippen molar-refractivity contribution in [3.8, 4) is 17.2 Å². The highest BCUT2D eigenvalue weighted by Gasteiger charge is 2.16. The van der Waals surface area contributed by atoms with E-state index in [0.717, 1.165) is 6.08 Å². The average molecular weight is 329 g/mol. The number of carbonyl (C=O) groups excluding carboxylic acids is 1. The normalized spacial score (nSPS) is 9.88. The van der Waals surface area contributed by atoms with Crippen molar-refractivity contribution in [3.05, 3.63) is 70.8 Å². The summed E-state index contributed by atoms with van der Waals surface area (Å²) in [5.74, 6) is 0.335. The Bertz CT molecular complexity index is 771. The van der Waals surface area contributed by atoms with Crippen LogP contribution in [-0.2, 0) is 11.4 Å². The number of carbonyl (C=O) groups is 1. The van der Waals surface area contributed by atoms with Crippen molar-refractivity contribution in [1.82, 2.24) is 0 Å². The number of benzene rings is 2. The third-order valence-corrected chi connectivity index (χ3v) is 3.09. The van der Waals surface area contributed by atoms with Crippen LogP contribution in [0.1, 0.15) is 5.56 Å². The second-order valence-electron chi connectivity index (χ2n) is 4.61. The van der Waals surface area contributed by atoms with Gasteiger partial charge in [0.25, 0.3) is 5.69 Å². The predicted octanol–water partition coefficient (Wildman–Crippen LogP) is 3.27. The molecule has 24 heavy (non-hydrogen) atoms. The van der Waals surface area contributed by atoms with Crippen LogP contribution < -0.4 is 14.2 Å². The Hall–Kier alpha value is -3.35. The molecular formula is C17H15NO6. The molecule has 0 saturated heterocycles. The first-order valence-electron chi connectivity index (χ1n) is 6.92. The Balaban J connectivity index is 2.23. The highest BCUT2D eigenvalue weighted by Crippen LogP contribution is 2.30. The molecule has 0 spiro atoms. The number of nitro benzene ring substituents is 1. The second-order valence-corrected chi connectivity index (χ2v) is 4.61. The fourth-order valence-corrected chi connectivity index (χ4v) is 1.94. The van der Waals surface area contributed by atoms with Crippen LogP contribution in [-0.4, -0.2) is 18.0 Å². The number of hydrogen-bond acceptors (Lipinski definition) is 6. The van der Waals surface area contributed by atoms with Crippen molar-refractivity contribution in [2.45, 2.75) is 6.61 Å². The van der Waals surface area contributed by atoms with E-state index in [-0.39, 0.29) is 23.8 Å². The fourth-order valence-electron chi connectivity index (χ4n) is 1.94. The lowest BCUT2D eigenvalue weighted by Gasteiger charge is -2.11. The van der Waals surface area contributed by atoms with Gasteiger partial charge in [-0.1, -0.05) is 18.7 Å². The van der Waals surface area contributed by atoms with Crippen molar-refractivity contribution in [1.29, 1.82) is 0 Å². The van der Waals surface area contributed by atoms with E-state index in [4.69, 9.17) is 14.2 Å². The molecule has 124 valence electrons. The van der Waals surface area contributed by atoms with Crippen molar-refractivity contribution in [3.63, 3.8) is 0 Å². The van der Waals surface area contributed by atoms with Crippen LogP contribution in [0.25, 0.3) is 0 Å². The van der Waals surface area contributed by atoms with Crippen LogP contribution in [0.3, 0.4) is 0 Å². The molecule has 0 aliphatic carbocycles. The number of methoxy groups -OCH3 is 1. The Morgan fingerprint density at radius 3 is 2.58 bits per heavy atom. The highest BCUT2D eigenvalue weighted by molar-refractivity contribution is 5.83. The molecule has 0 heterocycles. The van der Waals surface area contributed by atoms with E-state index >= 15 is 0 Å². The van der Waals surface area contributed by atoms with Crippen LogP contribution in [0, 0.1) is 10.1 Å². The molecule has 0 aromatic heterocycles. The van der Waals surface area contributed by atoms with Gasteiger partial charge in [-0.2, -0.15) is 0 Å². The molecule has 0 aliphatic heterocycles. The minimum Gasteiger partial charge on any atom is -0.497 e. The Morgan fingerprint density at radius 1 is 1.25 bits per heavy atom. The van der Waals surface area contributed by atoms with E-state index in [1.165, 1.54) is 25.3 Å². The molecule has 7 nitrogen and oxygen atoms in total. The molecular weight excluding hydrogens is 314 g/mol. The zero-order chi connectivity index (χ0) is 17.5. The first kappa shape index (κ1) is 17.0. The molecule has 0 amide bonds. The van der Waals surface area contributed by atoms with Gasteiger partial charge in [0.1, 0.15) is 12.4 Å². The van der Waals surface area contributed by atoms with Crippen LogP contribution in [0.15, 0.2) is 55.1 Å². The van der Waals surface area contributed by atoms with E-state index in [1.807, 2.05) is 0 Å². The fraction of sp³-hybridized carbons (Fsp3) is 0.118. The molecule has 2 rings (SSSR count). The average Bonchev–Trinajstić information content (AvgIpc) is 2.60. The standard InChI is InChI=1S/C17H15NO6/c1-3-17(19)24-16-7-5-4-6-15(16)23-11-12-10-13(22-2)8-9-14(12)18(20)21/h3-10H,1,11H2,2H3. The Kier molecular flexibility index (Phi) is 5.51. The summed E-state index contributed by atoms with van der Waals surface area (Å²) < 4.78 is 15.7. The van der Waals surface area contributed by atoms with Crippen LogP contribution in [0.2, 0.25) is 0 Å². The first-order chi connectivity index (χ1) is 11.5. The zero-order valence-electron chi connectivity index (χ0n) is 12.9. The van der Waals surface area contributed by atoms with E-state index in [0.29, 0.717) is 11.3 Å². The van der Waals surface area contributed by atoms with Crippen molar-refractivity contribution >= 4 is 11.7 Å². The topological polar surface area (TPSA) is 87.9 Å². The lowest BCUT2D eigenvalue weighted by atomic mass is 10.2. The van der Waals surface area contributed by atoms with Crippen molar-refractivity contribution in [2.75, 3.05) is 7.11 Å². The van der Waals surface area contributed by atoms with Gasteiger partial charge in [0, 0.05) is 12.1 Å². The van der Waals surface area contributed by atoms with Gasteiger partial charge in [-0.05, 0) is 24.3 Å². The third-order valence-electron chi connectivity index (χ3n) is 3.09. The maximum Gasteiger partial charge on any atom is 0.335 e. The zero-order valence-corrected chi connectivity index (χ0v) is 12.9. The van der Waals surface area contributed by atoms with Gasteiger partial charge in [0.15, 0.2) is 11.5 Å². The van der Waals surface area contributed by atoms with E-state index in [1.54, 1.807) is 24.3 Å². The number of nitro groups is 1. The molecule has 0 unspecified atom stereocenters. The summed E-state index contributed by atoms with van der Waals surface area (Å²) in [5.41, 5.74) is 0.251. The Morgan fingerprint density at radius 2 is 1.96 bits per heavy atom.